The summed E-state index contributed by atoms with van der Waals surface area (Å²) in [5, 5.41) is 3.63. The third-order valence-electron chi connectivity index (χ3n) is 7.39. The number of benzene rings is 1. The van der Waals surface area contributed by atoms with E-state index in [1.165, 1.54) is 11.3 Å². The van der Waals surface area contributed by atoms with E-state index in [0.29, 0.717) is 6.54 Å². The molecule has 9 heteroatoms. The van der Waals surface area contributed by atoms with Gasteiger partial charge in [-0.2, -0.15) is 9.97 Å². The Hall–Kier alpha value is -2.91. The molecule has 0 saturated carbocycles. The Morgan fingerprint density at radius 3 is 2.46 bits per heavy atom. The van der Waals surface area contributed by atoms with Crippen molar-refractivity contribution in [3.8, 4) is 0 Å². The van der Waals surface area contributed by atoms with Gasteiger partial charge in [-0.25, -0.2) is 4.98 Å². The predicted molar refractivity (Wildman–Crippen MR) is 143 cm³/mol. The van der Waals surface area contributed by atoms with E-state index in [2.05, 4.69) is 69.6 Å². The number of anilines is 3. The van der Waals surface area contributed by atoms with Gasteiger partial charge in [0.2, 0.25) is 5.95 Å². The molecular weight excluding hydrogens is 438 g/mol. The fraction of sp³-hybridized carbons (Fsp3) is 0.577. The van der Waals surface area contributed by atoms with Gasteiger partial charge < -0.3 is 30.3 Å². The quantitative estimate of drug-likeness (QED) is 0.537. The molecule has 2 aliphatic rings. The highest BCUT2D eigenvalue weighted by molar-refractivity contribution is 5.84. The summed E-state index contributed by atoms with van der Waals surface area (Å²) in [7, 11) is 0. The molecule has 5 rings (SSSR count). The lowest BCUT2D eigenvalue weighted by molar-refractivity contribution is 0.271. The summed E-state index contributed by atoms with van der Waals surface area (Å²) in [5.74, 6) is 1.56. The van der Waals surface area contributed by atoms with Crippen molar-refractivity contribution < 1.29 is 0 Å². The van der Waals surface area contributed by atoms with Gasteiger partial charge in [0.25, 0.3) is 0 Å². The maximum Gasteiger partial charge on any atom is 0.229 e. The zero-order chi connectivity index (χ0) is 24.4. The minimum absolute atomic E-state index is 0.268. The molecular formula is C26H39N9. The van der Waals surface area contributed by atoms with Crippen LogP contribution in [0.2, 0.25) is 0 Å². The minimum Gasteiger partial charge on any atom is -0.369 e. The van der Waals surface area contributed by atoms with E-state index in [4.69, 9.17) is 20.7 Å². The van der Waals surface area contributed by atoms with Crippen LogP contribution >= 0.6 is 0 Å². The van der Waals surface area contributed by atoms with Crippen molar-refractivity contribution in [3.05, 3.63) is 36.2 Å². The number of nitrogens with one attached hydrogen (secondary N) is 1. The summed E-state index contributed by atoms with van der Waals surface area (Å²) in [6.07, 6.45) is 3.81. The molecule has 3 aromatic rings. The van der Waals surface area contributed by atoms with Crippen LogP contribution in [0.15, 0.2) is 30.6 Å². The maximum absolute atomic E-state index is 6.15. The topological polar surface area (TPSA) is 91.4 Å². The normalized spacial score (nSPS) is 18.1. The summed E-state index contributed by atoms with van der Waals surface area (Å²) in [4.78, 5) is 21.9. The van der Waals surface area contributed by atoms with E-state index >= 15 is 0 Å². The van der Waals surface area contributed by atoms with E-state index in [9.17, 15) is 0 Å². The number of hydrogen-bond donors (Lipinski definition) is 2. The number of rotatable bonds is 7. The Bertz CT molecular complexity index is 1130. The second-order valence-corrected chi connectivity index (χ2v) is 10.0. The summed E-state index contributed by atoms with van der Waals surface area (Å²) in [6, 6.07) is 9.25. The Morgan fingerprint density at radius 2 is 1.74 bits per heavy atom. The monoisotopic (exact) mass is 477 g/mol. The molecule has 0 amide bonds. The van der Waals surface area contributed by atoms with Gasteiger partial charge in [-0.3, -0.25) is 0 Å². The van der Waals surface area contributed by atoms with Gasteiger partial charge in [-0.1, -0.05) is 25.1 Å². The van der Waals surface area contributed by atoms with Gasteiger partial charge in [-0.15, -0.1) is 0 Å². The molecule has 35 heavy (non-hydrogen) atoms. The molecule has 3 N–H and O–H groups in total. The van der Waals surface area contributed by atoms with E-state index in [1.807, 2.05) is 6.33 Å². The largest absolute Gasteiger partial charge is 0.369 e. The number of likely N-dealkylation sites (N-methyl/N-ethyl adjacent to an activating group) is 1. The molecule has 0 atom stereocenters. The predicted octanol–water partition coefficient (Wildman–Crippen LogP) is 3.09. The molecule has 0 bridgehead atoms. The lowest BCUT2D eigenvalue weighted by atomic mass is 10.1. The smallest absolute Gasteiger partial charge is 0.229 e. The third kappa shape index (κ3) is 5.06. The van der Waals surface area contributed by atoms with Gasteiger partial charge in [0, 0.05) is 63.6 Å². The van der Waals surface area contributed by atoms with Crippen molar-refractivity contribution >= 4 is 28.6 Å². The minimum atomic E-state index is 0.268. The number of hydrogen-bond acceptors (Lipinski definition) is 8. The first-order chi connectivity index (χ1) is 17.0. The number of piperazine rings is 1. The van der Waals surface area contributed by atoms with Crippen molar-refractivity contribution in [2.75, 3.05) is 60.9 Å². The molecule has 188 valence electrons. The summed E-state index contributed by atoms with van der Waals surface area (Å²) in [6.45, 7) is 14.5. The molecule has 0 aliphatic carbocycles. The van der Waals surface area contributed by atoms with Crippen molar-refractivity contribution in [2.45, 2.75) is 52.2 Å². The number of aromatic nitrogens is 4. The van der Waals surface area contributed by atoms with Gasteiger partial charge in [-0.05, 0) is 44.9 Å². The van der Waals surface area contributed by atoms with Gasteiger partial charge in [0.1, 0.15) is 0 Å². The number of para-hydroxylation sites is 1. The van der Waals surface area contributed by atoms with E-state index < -0.39 is 0 Å². The van der Waals surface area contributed by atoms with E-state index in [1.54, 1.807) is 0 Å². The number of nitrogens with zero attached hydrogens (tertiary/aromatic N) is 7. The van der Waals surface area contributed by atoms with Crippen LogP contribution in [0.1, 0.15) is 45.2 Å². The zero-order valence-electron chi connectivity index (χ0n) is 21.3. The molecule has 0 unspecified atom stereocenters. The van der Waals surface area contributed by atoms with Crippen LogP contribution in [0.5, 0.6) is 0 Å². The molecule has 0 spiro atoms. The van der Waals surface area contributed by atoms with Crippen LogP contribution in [0.3, 0.4) is 0 Å². The highest BCUT2D eigenvalue weighted by Gasteiger charge is 2.23. The zero-order valence-corrected chi connectivity index (χ0v) is 21.3. The molecule has 0 radical (unpaired) electrons. The first kappa shape index (κ1) is 23.8. The Labute approximate surface area is 208 Å². The van der Waals surface area contributed by atoms with Crippen molar-refractivity contribution in [1.82, 2.24) is 24.4 Å². The van der Waals surface area contributed by atoms with E-state index in [-0.39, 0.29) is 12.1 Å². The highest BCUT2D eigenvalue weighted by atomic mass is 15.3. The molecule has 2 aromatic heterocycles. The number of fused-ring (bicyclic) bond motifs is 1. The second-order valence-electron chi connectivity index (χ2n) is 10.0. The average Bonchev–Trinajstić information content (AvgIpc) is 3.32. The molecule has 4 heterocycles. The van der Waals surface area contributed by atoms with Crippen LogP contribution in [0.4, 0.5) is 17.5 Å². The van der Waals surface area contributed by atoms with Gasteiger partial charge in [0.15, 0.2) is 17.0 Å². The first-order valence-corrected chi connectivity index (χ1v) is 13.1. The fourth-order valence-electron chi connectivity index (χ4n) is 5.10. The highest BCUT2D eigenvalue weighted by Crippen LogP contribution is 2.28. The summed E-state index contributed by atoms with van der Waals surface area (Å²) < 4.78 is 2.13. The Balaban J connectivity index is 1.42. The summed E-state index contributed by atoms with van der Waals surface area (Å²) >= 11 is 0. The molecule has 9 nitrogen and oxygen atoms in total. The fourth-order valence-corrected chi connectivity index (χ4v) is 5.10. The number of piperidine rings is 1. The third-order valence-corrected chi connectivity index (χ3v) is 7.39. The Kier molecular flexibility index (Phi) is 7.06. The summed E-state index contributed by atoms with van der Waals surface area (Å²) in [5.41, 5.74) is 10.4. The van der Waals surface area contributed by atoms with Crippen LogP contribution < -0.4 is 20.9 Å². The van der Waals surface area contributed by atoms with Gasteiger partial charge >= 0.3 is 0 Å². The molecule has 2 saturated heterocycles. The Morgan fingerprint density at radius 1 is 1.00 bits per heavy atom. The second kappa shape index (κ2) is 10.4. The van der Waals surface area contributed by atoms with Crippen LogP contribution in [-0.4, -0.2) is 76.3 Å². The van der Waals surface area contributed by atoms with Gasteiger partial charge in [0.05, 0.1) is 6.33 Å². The van der Waals surface area contributed by atoms with Crippen LogP contribution in [-0.2, 0) is 6.54 Å². The lowest BCUT2D eigenvalue weighted by Gasteiger charge is -2.36. The van der Waals surface area contributed by atoms with Crippen molar-refractivity contribution in [1.29, 1.82) is 0 Å². The standard InChI is InChI=1S/C26H39N9/c1-4-32-13-15-33(16-14-32)22-8-6-5-7-20(22)17-28-24-23-25(35(18-29-23)19(2)3)31-26(30-24)34-11-9-21(27)10-12-34/h5-8,18-19,21H,4,9-17,27H2,1-3H3,(H,28,30,31). The SMILES string of the molecule is CCN1CCN(c2ccccc2CNc2nc(N3CCC(N)CC3)nc3c2ncn3C(C)C)CC1. The average molecular weight is 478 g/mol. The van der Waals surface area contributed by atoms with Crippen LogP contribution in [0, 0.1) is 0 Å². The maximum atomic E-state index is 6.15. The number of imidazole rings is 1. The molecule has 2 fully saturated rings. The molecule has 1 aromatic carbocycles. The van der Waals surface area contributed by atoms with Crippen molar-refractivity contribution in [3.63, 3.8) is 0 Å². The van der Waals surface area contributed by atoms with E-state index in [0.717, 1.165) is 81.6 Å². The lowest BCUT2D eigenvalue weighted by Crippen LogP contribution is -2.46. The van der Waals surface area contributed by atoms with Crippen molar-refractivity contribution in [2.24, 2.45) is 5.73 Å². The number of nitrogens with two attached hydrogens (primary N) is 1. The van der Waals surface area contributed by atoms with Crippen LogP contribution in [0.25, 0.3) is 11.2 Å². The first-order valence-electron chi connectivity index (χ1n) is 13.1. The molecule has 2 aliphatic heterocycles.